The Kier molecular flexibility index (Phi) is 3.75. The quantitative estimate of drug-likeness (QED) is 0.556. The number of rotatable bonds is 4. The van der Waals surface area contributed by atoms with E-state index in [2.05, 4.69) is 0 Å². The van der Waals surface area contributed by atoms with Gasteiger partial charge in [0.1, 0.15) is 0 Å². The first-order valence-corrected chi connectivity index (χ1v) is 3.50. The molecule has 0 unspecified atom stereocenters. The van der Waals surface area contributed by atoms with Crippen molar-refractivity contribution < 1.29 is 8.78 Å². The Morgan fingerprint density at radius 2 is 1.33 bits per heavy atom. The molecular formula is C7H14F2. The summed E-state index contributed by atoms with van der Waals surface area (Å²) in [5.74, 6) is -2.40. The van der Waals surface area contributed by atoms with Gasteiger partial charge in [0.25, 0.3) is 0 Å². The minimum atomic E-state index is -2.40. The smallest absolute Gasteiger partial charge is 0.207 e. The average Bonchev–Trinajstić information content (AvgIpc) is 1.64. The lowest BCUT2D eigenvalue weighted by atomic mass is 10.1. The average molecular weight is 136 g/mol. The normalized spacial score (nSPS) is 12.0. The van der Waals surface area contributed by atoms with E-state index in [1.165, 1.54) is 0 Å². The Hall–Kier alpha value is -0.140. The zero-order valence-electron chi connectivity index (χ0n) is 6.08. The van der Waals surface area contributed by atoms with E-state index in [4.69, 9.17) is 0 Å². The maximum Gasteiger partial charge on any atom is 0.248 e. The van der Waals surface area contributed by atoms with Crippen molar-refractivity contribution in [1.29, 1.82) is 0 Å². The molecule has 0 heterocycles. The highest BCUT2D eigenvalue weighted by atomic mass is 19.3. The van der Waals surface area contributed by atoms with E-state index >= 15 is 0 Å². The minimum absolute atomic E-state index is 0.0425. The number of hydrogen-bond acceptors (Lipinski definition) is 0. The molecule has 0 saturated heterocycles. The molecule has 0 bridgehead atoms. The summed E-state index contributed by atoms with van der Waals surface area (Å²) in [6.07, 6.45) is 1.24. The molecule has 0 aromatic carbocycles. The predicted octanol–water partition coefficient (Wildman–Crippen LogP) is 3.22. The van der Waals surface area contributed by atoms with E-state index in [1.807, 2.05) is 0 Å². The summed E-state index contributed by atoms with van der Waals surface area (Å²) in [5.41, 5.74) is 0. The fourth-order valence-corrected chi connectivity index (χ4v) is 0.857. The molecule has 0 radical (unpaired) electrons. The highest BCUT2D eigenvalue weighted by Gasteiger charge is 2.25. The Labute approximate surface area is 55.3 Å². The van der Waals surface area contributed by atoms with Crippen molar-refractivity contribution in [2.45, 2.75) is 45.5 Å². The highest BCUT2D eigenvalue weighted by molar-refractivity contribution is 4.63. The molecular weight excluding hydrogens is 122 g/mol. The lowest BCUT2D eigenvalue weighted by Gasteiger charge is -2.12. The van der Waals surface area contributed by atoms with Crippen LogP contribution in [0.2, 0.25) is 0 Å². The Morgan fingerprint density at radius 3 is 1.56 bits per heavy atom. The molecule has 0 atom stereocenters. The van der Waals surface area contributed by atoms with Gasteiger partial charge in [0, 0.05) is 12.8 Å². The Balaban J connectivity index is 3.43. The third-order valence-corrected chi connectivity index (χ3v) is 1.23. The molecule has 0 aromatic heterocycles. The van der Waals surface area contributed by atoms with E-state index in [0.717, 1.165) is 0 Å². The van der Waals surface area contributed by atoms with Gasteiger partial charge in [-0.3, -0.25) is 0 Å². The molecule has 0 aliphatic heterocycles. The van der Waals surface area contributed by atoms with Crippen LogP contribution in [0.4, 0.5) is 8.78 Å². The Morgan fingerprint density at radius 1 is 1.00 bits per heavy atom. The third-order valence-electron chi connectivity index (χ3n) is 1.23. The van der Waals surface area contributed by atoms with E-state index in [0.29, 0.717) is 12.8 Å². The second-order valence-electron chi connectivity index (χ2n) is 2.36. The van der Waals surface area contributed by atoms with E-state index < -0.39 is 5.92 Å². The van der Waals surface area contributed by atoms with Crippen LogP contribution in [0.3, 0.4) is 0 Å². The second kappa shape index (κ2) is 3.80. The lowest BCUT2D eigenvalue weighted by molar-refractivity contribution is -0.0173. The molecule has 0 aromatic rings. The topological polar surface area (TPSA) is 0 Å². The van der Waals surface area contributed by atoms with Crippen LogP contribution in [0.15, 0.2) is 0 Å². The van der Waals surface area contributed by atoms with Gasteiger partial charge in [0.2, 0.25) is 5.92 Å². The molecule has 0 spiro atoms. The first-order valence-electron chi connectivity index (χ1n) is 3.50. The number of alkyl halides is 2. The predicted molar refractivity (Wildman–Crippen MR) is 34.8 cm³/mol. The summed E-state index contributed by atoms with van der Waals surface area (Å²) in [6, 6.07) is 0. The summed E-state index contributed by atoms with van der Waals surface area (Å²) in [4.78, 5) is 0. The zero-order valence-corrected chi connectivity index (χ0v) is 6.08. The van der Waals surface area contributed by atoms with Crippen LogP contribution in [0.5, 0.6) is 0 Å². The fraction of sp³-hybridized carbons (Fsp3) is 1.00. The maximum atomic E-state index is 12.4. The van der Waals surface area contributed by atoms with Crippen LogP contribution in [-0.4, -0.2) is 5.92 Å². The molecule has 0 nitrogen and oxygen atoms in total. The first kappa shape index (κ1) is 8.86. The maximum absolute atomic E-state index is 12.4. The molecule has 0 aliphatic rings. The molecule has 0 amide bonds. The lowest BCUT2D eigenvalue weighted by Crippen LogP contribution is -2.14. The van der Waals surface area contributed by atoms with Crippen LogP contribution in [0, 0.1) is 0 Å². The van der Waals surface area contributed by atoms with Crippen molar-refractivity contribution in [1.82, 2.24) is 0 Å². The molecule has 0 aliphatic carbocycles. The molecule has 0 N–H and O–H groups in total. The standard InChI is InChI=1S/C7H14F2/c1-3-5-7(8,9)6-4-2/h3-6H2,1-2H3. The molecule has 0 rings (SSSR count). The van der Waals surface area contributed by atoms with Crippen molar-refractivity contribution in [2.24, 2.45) is 0 Å². The number of halogens is 2. The summed E-state index contributed by atoms with van der Waals surface area (Å²) < 4.78 is 24.8. The van der Waals surface area contributed by atoms with Crippen LogP contribution in [-0.2, 0) is 0 Å². The fourth-order valence-electron chi connectivity index (χ4n) is 0.857. The zero-order chi connectivity index (χ0) is 7.33. The van der Waals surface area contributed by atoms with Gasteiger partial charge in [0.05, 0.1) is 0 Å². The van der Waals surface area contributed by atoms with E-state index in [9.17, 15) is 8.78 Å². The van der Waals surface area contributed by atoms with Gasteiger partial charge in [-0.05, 0) is 0 Å². The van der Waals surface area contributed by atoms with Gasteiger partial charge in [0.15, 0.2) is 0 Å². The van der Waals surface area contributed by atoms with Gasteiger partial charge in [-0.2, -0.15) is 0 Å². The van der Waals surface area contributed by atoms with Crippen LogP contribution < -0.4 is 0 Å². The van der Waals surface area contributed by atoms with Crippen LogP contribution in [0.25, 0.3) is 0 Å². The largest absolute Gasteiger partial charge is 0.248 e. The van der Waals surface area contributed by atoms with Gasteiger partial charge >= 0.3 is 0 Å². The summed E-state index contributed by atoms with van der Waals surface area (Å²) in [6.45, 7) is 3.56. The minimum Gasteiger partial charge on any atom is -0.207 e. The summed E-state index contributed by atoms with van der Waals surface area (Å²) >= 11 is 0. The SMILES string of the molecule is CCCC(F)(F)CCC. The van der Waals surface area contributed by atoms with Crippen molar-refractivity contribution in [2.75, 3.05) is 0 Å². The van der Waals surface area contributed by atoms with Crippen LogP contribution in [0.1, 0.15) is 39.5 Å². The van der Waals surface area contributed by atoms with Crippen molar-refractivity contribution in [3.8, 4) is 0 Å². The second-order valence-corrected chi connectivity index (χ2v) is 2.36. The molecule has 0 saturated carbocycles. The van der Waals surface area contributed by atoms with Gasteiger partial charge in [-0.15, -0.1) is 0 Å². The molecule has 9 heavy (non-hydrogen) atoms. The molecule has 2 heteroatoms. The van der Waals surface area contributed by atoms with E-state index in [1.54, 1.807) is 13.8 Å². The van der Waals surface area contributed by atoms with Crippen molar-refractivity contribution in [3.05, 3.63) is 0 Å². The van der Waals surface area contributed by atoms with Crippen molar-refractivity contribution >= 4 is 0 Å². The molecule has 0 fully saturated rings. The van der Waals surface area contributed by atoms with Gasteiger partial charge < -0.3 is 0 Å². The van der Waals surface area contributed by atoms with Crippen LogP contribution >= 0.6 is 0 Å². The van der Waals surface area contributed by atoms with Gasteiger partial charge in [-0.1, -0.05) is 26.7 Å². The summed E-state index contributed by atoms with van der Waals surface area (Å²) in [7, 11) is 0. The molecule has 56 valence electrons. The highest BCUT2D eigenvalue weighted by Crippen LogP contribution is 2.25. The van der Waals surface area contributed by atoms with Crippen molar-refractivity contribution in [3.63, 3.8) is 0 Å². The van der Waals surface area contributed by atoms with Gasteiger partial charge in [-0.25, -0.2) is 8.78 Å². The monoisotopic (exact) mass is 136 g/mol. The third kappa shape index (κ3) is 4.37. The van der Waals surface area contributed by atoms with E-state index in [-0.39, 0.29) is 12.8 Å². The first-order chi connectivity index (χ1) is 4.12. The Bertz CT molecular complexity index is 61.3. The summed E-state index contributed by atoms with van der Waals surface area (Å²) in [5, 5.41) is 0. The number of hydrogen-bond donors (Lipinski definition) is 0.